The number of hydrogen-bond acceptors (Lipinski definition) is 4. The molecule has 1 aliphatic heterocycles. The summed E-state index contributed by atoms with van der Waals surface area (Å²) in [6.45, 7) is 15.9. The molecule has 25 heavy (non-hydrogen) atoms. The first-order chi connectivity index (χ1) is 11.7. The van der Waals surface area contributed by atoms with Gasteiger partial charge in [0.25, 0.3) is 8.32 Å². The molecule has 0 radical (unpaired) electrons. The van der Waals surface area contributed by atoms with Crippen molar-refractivity contribution >= 4 is 14.5 Å². The van der Waals surface area contributed by atoms with Crippen LogP contribution in [0.1, 0.15) is 53.4 Å². The number of methoxy groups -OCH3 is 1. The van der Waals surface area contributed by atoms with Crippen molar-refractivity contribution in [1.82, 2.24) is 5.01 Å². The monoisotopic (exact) mass is 366 g/mol. The van der Waals surface area contributed by atoms with Gasteiger partial charge >= 0.3 is 0 Å². The van der Waals surface area contributed by atoms with Gasteiger partial charge in [0.1, 0.15) is 0 Å². The molecular weight excluding hydrogens is 328 g/mol. The van der Waals surface area contributed by atoms with Crippen molar-refractivity contribution < 1.29 is 9.16 Å². The van der Waals surface area contributed by atoms with Crippen molar-refractivity contribution in [2.75, 3.05) is 20.3 Å². The zero-order valence-electron chi connectivity index (χ0n) is 17.3. The van der Waals surface area contributed by atoms with E-state index in [1.54, 1.807) is 7.11 Å². The van der Waals surface area contributed by atoms with E-state index in [4.69, 9.17) is 14.3 Å². The topological polar surface area (TPSA) is 34.1 Å². The van der Waals surface area contributed by atoms with E-state index >= 15 is 0 Å². The number of hydrazone groups is 1. The van der Waals surface area contributed by atoms with Crippen LogP contribution in [0.15, 0.2) is 16.9 Å². The van der Waals surface area contributed by atoms with Gasteiger partial charge in [-0.15, -0.1) is 0 Å². The van der Waals surface area contributed by atoms with Crippen LogP contribution in [-0.2, 0) is 9.16 Å². The van der Waals surface area contributed by atoms with E-state index in [0.29, 0.717) is 17.9 Å². The highest BCUT2D eigenvalue weighted by Crippen LogP contribution is 2.46. The lowest BCUT2D eigenvalue weighted by molar-refractivity contribution is 0.118. The van der Waals surface area contributed by atoms with Gasteiger partial charge < -0.3 is 9.16 Å². The Morgan fingerprint density at radius 1 is 1.36 bits per heavy atom. The second-order valence-corrected chi connectivity index (χ2v) is 13.5. The summed E-state index contributed by atoms with van der Waals surface area (Å²) in [5.41, 5.74) is 0. The first-order valence-electron chi connectivity index (χ1n) is 9.86. The second-order valence-electron chi connectivity index (χ2n) is 9.00. The van der Waals surface area contributed by atoms with Crippen molar-refractivity contribution in [3.8, 4) is 0 Å². The Labute approximate surface area is 155 Å². The van der Waals surface area contributed by atoms with Crippen LogP contribution in [0, 0.1) is 11.8 Å². The molecule has 4 nitrogen and oxygen atoms in total. The fourth-order valence-electron chi connectivity index (χ4n) is 3.58. The summed E-state index contributed by atoms with van der Waals surface area (Å²) in [4.78, 5) is 0. The lowest BCUT2D eigenvalue weighted by Gasteiger charge is -2.42. The molecule has 0 bridgehead atoms. The van der Waals surface area contributed by atoms with E-state index in [0.717, 1.165) is 26.0 Å². The van der Waals surface area contributed by atoms with Crippen LogP contribution in [0.4, 0.5) is 0 Å². The van der Waals surface area contributed by atoms with Crippen molar-refractivity contribution in [2.24, 2.45) is 16.9 Å². The molecule has 2 aliphatic rings. The molecule has 0 aromatic rings. The number of ether oxygens (including phenoxy) is 1. The Kier molecular flexibility index (Phi) is 6.77. The molecule has 2 atom stereocenters. The molecule has 5 heteroatoms. The molecule has 0 amide bonds. The summed E-state index contributed by atoms with van der Waals surface area (Å²) in [6, 6.07) is 0.445. The average Bonchev–Trinajstić information content (AvgIpc) is 3.14. The van der Waals surface area contributed by atoms with Crippen LogP contribution in [0.2, 0.25) is 18.1 Å². The van der Waals surface area contributed by atoms with Crippen molar-refractivity contribution in [1.29, 1.82) is 0 Å². The SMILES string of the molecule is COC[C@@H]1CCCN1/N=C/[C@H]1C=C(O[Si](C)(C)C(C)(C)C(C)C)CC1. The highest BCUT2D eigenvalue weighted by molar-refractivity contribution is 6.74. The van der Waals surface area contributed by atoms with Crippen molar-refractivity contribution in [3.63, 3.8) is 0 Å². The molecule has 0 saturated carbocycles. The van der Waals surface area contributed by atoms with E-state index in [9.17, 15) is 0 Å². The molecular formula is C20H38N2O2Si. The van der Waals surface area contributed by atoms with Gasteiger partial charge in [-0.2, -0.15) is 5.10 Å². The van der Waals surface area contributed by atoms with E-state index in [-0.39, 0.29) is 5.04 Å². The summed E-state index contributed by atoms with van der Waals surface area (Å²) in [7, 11) is -0.0270. The van der Waals surface area contributed by atoms with E-state index in [1.807, 2.05) is 0 Å². The van der Waals surface area contributed by atoms with Gasteiger partial charge in [-0.25, -0.2) is 0 Å². The third kappa shape index (κ3) is 4.88. The Balaban J connectivity index is 1.95. The van der Waals surface area contributed by atoms with Gasteiger partial charge in [-0.05, 0) is 49.4 Å². The first-order valence-corrected chi connectivity index (χ1v) is 12.8. The molecule has 1 fully saturated rings. The predicted octanol–water partition coefficient (Wildman–Crippen LogP) is 5.03. The largest absolute Gasteiger partial charge is 0.547 e. The van der Waals surface area contributed by atoms with E-state index in [2.05, 4.69) is 58.1 Å². The number of nitrogens with zero attached hydrogens (tertiary/aromatic N) is 2. The Morgan fingerprint density at radius 2 is 2.08 bits per heavy atom. The normalized spacial score (nSPS) is 25.3. The van der Waals surface area contributed by atoms with Gasteiger partial charge in [0.15, 0.2) is 0 Å². The molecule has 0 aromatic heterocycles. The number of allylic oxidation sites excluding steroid dienone is 2. The highest BCUT2D eigenvalue weighted by atomic mass is 28.4. The summed E-state index contributed by atoms with van der Waals surface area (Å²) in [5, 5.41) is 7.21. The lowest BCUT2D eigenvalue weighted by Crippen LogP contribution is -2.44. The summed E-state index contributed by atoms with van der Waals surface area (Å²) in [6.07, 6.45) is 8.98. The molecule has 0 N–H and O–H groups in total. The van der Waals surface area contributed by atoms with E-state index in [1.165, 1.54) is 18.6 Å². The van der Waals surface area contributed by atoms with Crippen LogP contribution in [0.3, 0.4) is 0 Å². The fourth-order valence-corrected chi connectivity index (χ4v) is 6.06. The van der Waals surface area contributed by atoms with Gasteiger partial charge in [-0.3, -0.25) is 5.01 Å². The zero-order valence-corrected chi connectivity index (χ0v) is 18.3. The van der Waals surface area contributed by atoms with Gasteiger partial charge in [-0.1, -0.05) is 27.7 Å². The first kappa shape index (κ1) is 20.5. The van der Waals surface area contributed by atoms with Crippen LogP contribution < -0.4 is 0 Å². The van der Waals surface area contributed by atoms with Gasteiger partial charge in [0.2, 0.25) is 0 Å². The fraction of sp³-hybridized carbons (Fsp3) is 0.850. The molecule has 0 unspecified atom stereocenters. The third-order valence-electron chi connectivity index (χ3n) is 6.62. The molecule has 2 rings (SSSR count). The lowest BCUT2D eigenvalue weighted by atomic mass is 9.99. The minimum absolute atomic E-state index is 0.253. The maximum Gasteiger partial charge on any atom is 0.250 e. The number of rotatable bonds is 8. The molecule has 144 valence electrons. The summed E-state index contributed by atoms with van der Waals surface area (Å²) in [5.74, 6) is 2.23. The quantitative estimate of drug-likeness (QED) is 0.446. The maximum atomic E-state index is 6.59. The highest BCUT2D eigenvalue weighted by Gasteiger charge is 2.45. The second kappa shape index (κ2) is 8.25. The Bertz CT molecular complexity index is 500. The number of hydrogen-bond donors (Lipinski definition) is 0. The summed E-state index contributed by atoms with van der Waals surface area (Å²) >= 11 is 0. The molecule has 1 aliphatic carbocycles. The maximum absolute atomic E-state index is 6.59. The van der Waals surface area contributed by atoms with Crippen LogP contribution in [-0.4, -0.2) is 45.8 Å². The van der Waals surface area contributed by atoms with Crippen LogP contribution in [0.25, 0.3) is 0 Å². The Morgan fingerprint density at radius 3 is 2.72 bits per heavy atom. The standard InChI is InChI=1S/C20H38N2O2Si/c1-16(2)20(3,4)25(6,7)24-19-11-10-17(13-19)14-21-22-12-8-9-18(22)15-23-5/h13-14,16-18H,8-12,15H2,1-7H3/b21-14+/t17-,18+/m1/s1. The molecule has 1 heterocycles. The smallest absolute Gasteiger partial charge is 0.250 e. The van der Waals surface area contributed by atoms with E-state index < -0.39 is 8.32 Å². The predicted molar refractivity (Wildman–Crippen MR) is 108 cm³/mol. The average molecular weight is 367 g/mol. The molecule has 0 spiro atoms. The summed E-state index contributed by atoms with van der Waals surface area (Å²) < 4.78 is 11.9. The van der Waals surface area contributed by atoms with Gasteiger partial charge in [0, 0.05) is 32.2 Å². The van der Waals surface area contributed by atoms with Crippen LogP contribution >= 0.6 is 0 Å². The van der Waals surface area contributed by atoms with Crippen molar-refractivity contribution in [2.45, 2.75) is 77.6 Å². The minimum atomic E-state index is -1.80. The van der Waals surface area contributed by atoms with Crippen LogP contribution in [0.5, 0.6) is 0 Å². The molecule has 1 saturated heterocycles. The van der Waals surface area contributed by atoms with Gasteiger partial charge in [0.05, 0.1) is 18.4 Å². The minimum Gasteiger partial charge on any atom is -0.547 e. The van der Waals surface area contributed by atoms with Crippen molar-refractivity contribution in [3.05, 3.63) is 11.8 Å². The zero-order chi connectivity index (χ0) is 18.7. The molecule has 0 aromatic carbocycles. The third-order valence-corrected chi connectivity index (χ3v) is 11.1. The Hall–Kier alpha value is -0.813.